The van der Waals surface area contributed by atoms with Crippen molar-refractivity contribution in [1.82, 2.24) is 0 Å². The normalized spacial score (nSPS) is 50.2. The average Bonchev–Trinajstić information content (AvgIpc) is 2.39. The highest BCUT2D eigenvalue weighted by molar-refractivity contribution is 9.09. The second-order valence-corrected chi connectivity index (χ2v) is 6.74. The van der Waals surface area contributed by atoms with E-state index in [1.165, 1.54) is 5.57 Å². The van der Waals surface area contributed by atoms with Crippen LogP contribution >= 0.6 is 15.9 Å². The third kappa shape index (κ3) is 1.31. The van der Waals surface area contributed by atoms with E-state index >= 15 is 0 Å². The van der Waals surface area contributed by atoms with Gasteiger partial charge in [-0.1, -0.05) is 22.0 Å². The molecule has 3 rings (SSSR count). The minimum Gasteiger partial charge on any atom is -0.390 e. The summed E-state index contributed by atoms with van der Waals surface area (Å²) in [7, 11) is 0. The summed E-state index contributed by atoms with van der Waals surface area (Å²) in [4.78, 5) is 11.7. The van der Waals surface area contributed by atoms with Gasteiger partial charge in [-0.3, -0.25) is 4.79 Å². The molecular weight excluding hydrogens is 268 g/mol. The quantitative estimate of drug-likeness (QED) is 0.693. The number of allylic oxidation sites excluding steroid dienone is 4. The Morgan fingerprint density at radius 2 is 2.31 bits per heavy atom. The van der Waals surface area contributed by atoms with Gasteiger partial charge in [0.15, 0.2) is 5.78 Å². The van der Waals surface area contributed by atoms with Crippen LogP contribution in [0.5, 0.6) is 0 Å². The Kier molecular flexibility index (Phi) is 2.06. The van der Waals surface area contributed by atoms with Crippen LogP contribution < -0.4 is 0 Å². The van der Waals surface area contributed by atoms with E-state index in [2.05, 4.69) is 15.9 Å². The molecule has 1 spiro atoms. The molecule has 2 unspecified atom stereocenters. The first-order chi connectivity index (χ1) is 7.43. The first kappa shape index (κ1) is 10.7. The molecule has 0 saturated heterocycles. The topological polar surface area (TPSA) is 37.3 Å². The predicted octanol–water partition coefficient (Wildman–Crippen LogP) is 2.37. The maximum Gasteiger partial charge on any atom is 0.178 e. The number of rotatable bonds is 0. The van der Waals surface area contributed by atoms with Gasteiger partial charge in [-0.05, 0) is 49.8 Å². The molecule has 0 aromatic rings. The van der Waals surface area contributed by atoms with Crippen LogP contribution in [0.15, 0.2) is 23.8 Å². The van der Waals surface area contributed by atoms with Crippen LogP contribution in [0, 0.1) is 11.3 Å². The Bertz CT molecular complexity index is 422. The minimum atomic E-state index is -0.591. The van der Waals surface area contributed by atoms with E-state index in [1.807, 2.05) is 13.0 Å². The first-order valence-electron chi connectivity index (χ1n) is 5.75. The molecule has 4 atom stereocenters. The summed E-state index contributed by atoms with van der Waals surface area (Å²) in [5.74, 6) is 0.418. The van der Waals surface area contributed by atoms with Gasteiger partial charge in [-0.25, -0.2) is 0 Å². The Hall–Kier alpha value is -0.410. The SMILES string of the molecule is C[C@]1(O)CC23C=CC(=O)C=C2[C@H](Br)CC1C3. The lowest BCUT2D eigenvalue weighted by atomic mass is 9.69. The molecule has 0 aromatic carbocycles. The fourth-order valence-corrected chi connectivity index (χ4v) is 4.70. The van der Waals surface area contributed by atoms with Crippen LogP contribution in [-0.4, -0.2) is 21.3 Å². The summed E-state index contributed by atoms with van der Waals surface area (Å²) in [6.07, 6.45) is 8.11. The molecule has 0 aliphatic heterocycles. The molecule has 2 fully saturated rings. The van der Waals surface area contributed by atoms with Crippen molar-refractivity contribution in [3.63, 3.8) is 0 Å². The summed E-state index contributed by atoms with van der Waals surface area (Å²) >= 11 is 3.66. The maximum atomic E-state index is 11.5. The molecule has 3 aliphatic rings. The van der Waals surface area contributed by atoms with Crippen LogP contribution in [0.1, 0.15) is 26.2 Å². The number of ketones is 1. The van der Waals surface area contributed by atoms with E-state index in [0.717, 1.165) is 19.3 Å². The molecule has 3 aliphatic carbocycles. The molecule has 2 bridgehead atoms. The van der Waals surface area contributed by atoms with Crippen LogP contribution in [0.3, 0.4) is 0 Å². The summed E-state index contributed by atoms with van der Waals surface area (Å²) in [6.45, 7) is 1.93. The van der Waals surface area contributed by atoms with E-state index < -0.39 is 5.60 Å². The van der Waals surface area contributed by atoms with Gasteiger partial charge in [0, 0.05) is 10.2 Å². The van der Waals surface area contributed by atoms with Gasteiger partial charge in [0.25, 0.3) is 0 Å². The zero-order valence-corrected chi connectivity index (χ0v) is 10.8. The summed E-state index contributed by atoms with van der Waals surface area (Å²) < 4.78 is 0. The number of halogens is 1. The number of carbonyl (C=O) groups excluding carboxylic acids is 1. The first-order valence-corrected chi connectivity index (χ1v) is 6.66. The molecule has 2 nitrogen and oxygen atoms in total. The molecule has 0 aromatic heterocycles. The fourth-order valence-electron chi connectivity index (χ4n) is 3.66. The lowest BCUT2D eigenvalue weighted by Gasteiger charge is -2.37. The van der Waals surface area contributed by atoms with Gasteiger partial charge >= 0.3 is 0 Å². The van der Waals surface area contributed by atoms with Crippen molar-refractivity contribution >= 4 is 21.7 Å². The fraction of sp³-hybridized carbons (Fsp3) is 0.615. The third-order valence-electron chi connectivity index (χ3n) is 4.43. The van der Waals surface area contributed by atoms with Gasteiger partial charge in [-0.2, -0.15) is 0 Å². The summed E-state index contributed by atoms with van der Waals surface area (Å²) in [6, 6.07) is 0. The van der Waals surface area contributed by atoms with Crippen molar-refractivity contribution in [3.8, 4) is 0 Å². The monoisotopic (exact) mass is 282 g/mol. The number of aliphatic hydroxyl groups is 1. The summed E-state index contributed by atoms with van der Waals surface area (Å²) in [5.41, 5.74) is 0.523. The zero-order chi connectivity index (χ0) is 11.6. The van der Waals surface area contributed by atoms with Gasteiger partial charge in [0.05, 0.1) is 5.60 Å². The average molecular weight is 283 g/mol. The van der Waals surface area contributed by atoms with Crippen molar-refractivity contribution in [2.75, 3.05) is 0 Å². The molecule has 86 valence electrons. The minimum absolute atomic E-state index is 0.0610. The Balaban J connectivity index is 2.10. The standard InChI is InChI=1S/C13H15BrO2/c1-12(16)7-13-3-2-9(15)5-10(13)11(14)4-8(12)6-13/h2-3,5,8,11,16H,4,6-7H2,1H3/t8?,11-,12+,13?/m1/s1. The van der Waals surface area contributed by atoms with Crippen LogP contribution in [0.2, 0.25) is 0 Å². The maximum absolute atomic E-state index is 11.5. The molecule has 1 N–H and O–H groups in total. The van der Waals surface area contributed by atoms with Gasteiger partial charge in [0.1, 0.15) is 0 Å². The molecule has 0 amide bonds. The van der Waals surface area contributed by atoms with Gasteiger partial charge < -0.3 is 5.11 Å². The number of alkyl halides is 1. The number of hydrogen-bond donors (Lipinski definition) is 1. The second kappa shape index (κ2) is 3.08. The van der Waals surface area contributed by atoms with Gasteiger partial charge in [-0.15, -0.1) is 0 Å². The Morgan fingerprint density at radius 1 is 1.56 bits per heavy atom. The molecule has 0 heterocycles. The van der Waals surface area contributed by atoms with Crippen LogP contribution in [-0.2, 0) is 4.79 Å². The van der Waals surface area contributed by atoms with Crippen molar-refractivity contribution in [2.24, 2.45) is 11.3 Å². The lowest BCUT2D eigenvalue weighted by molar-refractivity contribution is -0.110. The predicted molar refractivity (Wildman–Crippen MR) is 65.3 cm³/mol. The van der Waals surface area contributed by atoms with E-state index in [-0.39, 0.29) is 16.0 Å². The Morgan fingerprint density at radius 3 is 3.06 bits per heavy atom. The van der Waals surface area contributed by atoms with Crippen LogP contribution in [0.25, 0.3) is 0 Å². The zero-order valence-electron chi connectivity index (χ0n) is 9.24. The van der Waals surface area contributed by atoms with E-state index in [1.54, 1.807) is 12.2 Å². The second-order valence-electron chi connectivity index (χ2n) is 5.63. The smallest absolute Gasteiger partial charge is 0.178 e. The van der Waals surface area contributed by atoms with Crippen LogP contribution in [0.4, 0.5) is 0 Å². The van der Waals surface area contributed by atoms with Crippen molar-refractivity contribution in [3.05, 3.63) is 23.8 Å². The lowest BCUT2D eigenvalue weighted by Crippen LogP contribution is -2.32. The third-order valence-corrected chi connectivity index (χ3v) is 5.30. The molecule has 16 heavy (non-hydrogen) atoms. The molecule has 0 radical (unpaired) electrons. The van der Waals surface area contributed by atoms with E-state index in [0.29, 0.717) is 5.92 Å². The summed E-state index contributed by atoms with van der Waals surface area (Å²) in [5, 5.41) is 10.4. The van der Waals surface area contributed by atoms with Crippen molar-refractivity contribution < 1.29 is 9.90 Å². The van der Waals surface area contributed by atoms with Crippen molar-refractivity contribution in [1.29, 1.82) is 0 Å². The number of carbonyl (C=O) groups is 1. The van der Waals surface area contributed by atoms with E-state index in [4.69, 9.17) is 0 Å². The van der Waals surface area contributed by atoms with Gasteiger partial charge in [0.2, 0.25) is 0 Å². The highest BCUT2D eigenvalue weighted by Crippen LogP contribution is 2.61. The van der Waals surface area contributed by atoms with Crippen molar-refractivity contribution in [2.45, 2.75) is 36.6 Å². The number of hydrogen-bond acceptors (Lipinski definition) is 2. The Labute approximate surface area is 104 Å². The van der Waals surface area contributed by atoms with E-state index in [9.17, 15) is 9.90 Å². The highest BCUT2D eigenvalue weighted by Gasteiger charge is 2.57. The molecular formula is C13H15BrO2. The molecule has 3 heteroatoms. The number of fused-ring (bicyclic) bond motifs is 1. The largest absolute Gasteiger partial charge is 0.390 e. The highest BCUT2D eigenvalue weighted by atomic mass is 79.9. The molecule has 2 saturated carbocycles.